The first kappa shape index (κ1) is 13.3. The molecule has 1 aromatic heterocycles. The van der Waals surface area contributed by atoms with E-state index < -0.39 is 0 Å². The van der Waals surface area contributed by atoms with E-state index in [4.69, 9.17) is 0 Å². The topological polar surface area (TPSA) is 42.0 Å². The minimum atomic E-state index is 0.190. The lowest BCUT2D eigenvalue weighted by Crippen LogP contribution is -2.23. The van der Waals surface area contributed by atoms with E-state index >= 15 is 0 Å². The van der Waals surface area contributed by atoms with E-state index in [1.165, 1.54) is 11.1 Å². The predicted octanol–water partition coefficient (Wildman–Crippen LogP) is 3.45. The molecule has 0 aliphatic heterocycles. The van der Waals surface area contributed by atoms with Crippen LogP contribution in [0.3, 0.4) is 0 Å². The third-order valence-corrected chi connectivity index (χ3v) is 4.83. The van der Waals surface area contributed by atoms with E-state index in [2.05, 4.69) is 29.4 Å². The largest absolute Gasteiger partial charge is 0.351 e. The lowest BCUT2D eigenvalue weighted by molar-refractivity contribution is -0.122. The van der Waals surface area contributed by atoms with Gasteiger partial charge in [0.1, 0.15) is 5.01 Å². The summed E-state index contributed by atoms with van der Waals surface area (Å²) in [5.41, 5.74) is 3.43. The van der Waals surface area contributed by atoms with E-state index in [9.17, 15) is 4.79 Å². The number of benzene rings is 1. The fourth-order valence-electron chi connectivity index (χ4n) is 2.18. The van der Waals surface area contributed by atoms with Gasteiger partial charge in [0, 0.05) is 16.4 Å². The molecule has 1 fully saturated rings. The molecule has 0 radical (unpaired) electrons. The van der Waals surface area contributed by atoms with Crippen molar-refractivity contribution in [2.24, 2.45) is 5.92 Å². The Morgan fingerprint density at radius 2 is 2.10 bits per heavy atom. The molecule has 3 nitrogen and oxygen atoms in total. The maximum Gasteiger partial charge on any atom is 0.223 e. The highest BCUT2D eigenvalue weighted by molar-refractivity contribution is 7.15. The number of nitrogens with zero attached hydrogens (tertiary/aromatic N) is 1. The van der Waals surface area contributed by atoms with Gasteiger partial charge in [-0.05, 0) is 32.3 Å². The monoisotopic (exact) mass is 286 g/mol. The third kappa shape index (κ3) is 2.75. The summed E-state index contributed by atoms with van der Waals surface area (Å²) in [6, 6.07) is 8.27. The van der Waals surface area contributed by atoms with Gasteiger partial charge < -0.3 is 5.32 Å². The summed E-state index contributed by atoms with van der Waals surface area (Å²) in [4.78, 5) is 17.5. The van der Waals surface area contributed by atoms with Gasteiger partial charge in [-0.3, -0.25) is 4.79 Å². The summed E-state index contributed by atoms with van der Waals surface area (Å²) >= 11 is 1.68. The molecule has 2 aromatic rings. The molecule has 1 aromatic carbocycles. The number of aromatic nitrogens is 1. The van der Waals surface area contributed by atoms with E-state index in [1.54, 1.807) is 11.3 Å². The highest BCUT2D eigenvalue weighted by Gasteiger charge is 2.29. The van der Waals surface area contributed by atoms with Gasteiger partial charge >= 0.3 is 0 Å². The van der Waals surface area contributed by atoms with Crippen LogP contribution in [0.25, 0.3) is 10.6 Å². The Balaban J connectivity index is 1.76. The molecule has 104 valence electrons. The van der Waals surface area contributed by atoms with E-state index in [-0.39, 0.29) is 11.8 Å². The van der Waals surface area contributed by atoms with Crippen LogP contribution in [0, 0.1) is 19.8 Å². The lowest BCUT2D eigenvalue weighted by Gasteiger charge is -2.02. The van der Waals surface area contributed by atoms with Crippen molar-refractivity contribution in [2.75, 3.05) is 0 Å². The van der Waals surface area contributed by atoms with Gasteiger partial charge in [-0.2, -0.15) is 0 Å². The fraction of sp³-hybridized carbons (Fsp3) is 0.375. The van der Waals surface area contributed by atoms with Crippen LogP contribution < -0.4 is 5.32 Å². The standard InChI is InChI=1S/C16H18N2OS/c1-10-5-3-4-6-13(10)16-18-11(2)14(20-16)9-17-15(19)12-7-8-12/h3-6,12H,7-9H2,1-2H3,(H,17,19). The molecule has 0 spiro atoms. The van der Waals surface area contributed by atoms with Gasteiger partial charge in [-0.25, -0.2) is 4.98 Å². The molecule has 1 N–H and O–H groups in total. The number of rotatable bonds is 4. The van der Waals surface area contributed by atoms with Crippen LogP contribution >= 0.6 is 11.3 Å². The Labute approximate surface area is 123 Å². The molecule has 1 aliphatic carbocycles. The molecule has 4 heteroatoms. The Bertz CT molecular complexity index is 644. The molecule has 1 saturated carbocycles. The number of carbonyl (C=O) groups excluding carboxylic acids is 1. The van der Waals surface area contributed by atoms with Crippen molar-refractivity contribution in [3.05, 3.63) is 40.4 Å². The number of thiazole rings is 1. The number of amides is 1. The molecule has 0 saturated heterocycles. The first-order valence-corrected chi connectivity index (χ1v) is 7.77. The molecule has 1 aliphatic rings. The fourth-order valence-corrected chi connectivity index (χ4v) is 3.27. The van der Waals surface area contributed by atoms with E-state index in [1.807, 2.05) is 19.1 Å². The zero-order chi connectivity index (χ0) is 14.1. The van der Waals surface area contributed by atoms with Crippen molar-refractivity contribution in [1.82, 2.24) is 10.3 Å². The summed E-state index contributed by atoms with van der Waals surface area (Å²) in [6.45, 7) is 4.71. The minimum Gasteiger partial charge on any atom is -0.351 e. The molecule has 20 heavy (non-hydrogen) atoms. The highest BCUT2D eigenvalue weighted by atomic mass is 32.1. The Hall–Kier alpha value is -1.68. The molecule has 1 amide bonds. The summed E-state index contributed by atoms with van der Waals surface area (Å²) in [5.74, 6) is 0.453. The van der Waals surface area contributed by atoms with Gasteiger partial charge in [0.25, 0.3) is 0 Å². The maximum atomic E-state index is 11.7. The predicted molar refractivity (Wildman–Crippen MR) is 81.6 cm³/mol. The van der Waals surface area contributed by atoms with E-state index in [0.29, 0.717) is 6.54 Å². The van der Waals surface area contributed by atoms with Crippen LogP contribution in [0.1, 0.15) is 29.0 Å². The summed E-state index contributed by atoms with van der Waals surface area (Å²) in [5, 5.41) is 4.05. The normalized spacial score (nSPS) is 14.3. The molecule has 0 atom stereocenters. The second-order valence-electron chi connectivity index (χ2n) is 5.33. The quantitative estimate of drug-likeness (QED) is 0.935. The Morgan fingerprint density at radius 1 is 1.35 bits per heavy atom. The van der Waals surface area contributed by atoms with E-state index in [0.717, 1.165) is 28.4 Å². The average molecular weight is 286 g/mol. The van der Waals surface area contributed by atoms with Crippen molar-refractivity contribution in [3.8, 4) is 10.6 Å². The zero-order valence-electron chi connectivity index (χ0n) is 11.8. The number of nitrogens with one attached hydrogen (secondary N) is 1. The highest BCUT2D eigenvalue weighted by Crippen LogP contribution is 2.31. The first-order valence-electron chi connectivity index (χ1n) is 6.95. The smallest absolute Gasteiger partial charge is 0.223 e. The molecule has 1 heterocycles. The average Bonchev–Trinajstić information content (AvgIpc) is 3.21. The molecular weight excluding hydrogens is 268 g/mol. The second kappa shape index (κ2) is 5.37. The van der Waals surface area contributed by atoms with Crippen LogP contribution in [-0.4, -0.2) is 10.9 Å². The van der Waals surface area contributed by atoms with Gasteiger partial charge in [0.05, 0.1) is 12.2 Å². The van der Waals surface area contributed by atoms with Crippen LogP contribution in [-0.2, 0) is 11.3 Å². The molecule has 0 bridgehead atoms. The van der Waals surface area contributed by atoms with Crippen molar-refractivity contribution >= 4 is 17.2 Å². The summed E-state index contributed by atoms with van der Waals surface area (Å²) in [7, 11) is 0. The lowest BCUT2D eigenvalue weighted by atomic mass is 10.1. The number of carbonyl (C=O) groups is 1. The summed E-state index contributed by atoms with van der Waals surface area (Å²) < 4.78 is 0. The third-order valence-electron chi connectivity index (χ3n) is 3.64. The van der Waals surface area contributed by atoms with Crippen LogP contribution in [0.5, 0.6) is 0 Å². The minimum absolute atomic E-state index is 0.190. The van der Waals surface area contributed by atoms with Crippen LogP contribution in [0.2, 0.25) is 0 Å². The zero-order valence-corrected chi connectivity index (χ0v) is 12.6. The van der Waals surface area contributed by atoms with Gasteiger partial charge in [0.2, 0.25) is 5.91 Å². The van der Waals surface area contributed by atoms with Crippen molar-refractivity contribution in [1.29, 1.82) is 0 Å². The molecule has 3 rings (SSSR count). The van der Waals surface area contributed by atoms with Crippen LogP contribution in [0.15, 0.2) is 24.3 Å². The number of hydrogen-bond donors (Lipinski definition) is 1. The van der Waals surface area contributed by atoms with Crippen molar-refractivity contribution in [3.63, 3.8) is 0 Å². The number of hydrogen-bond acceptors (Lipinski definition) is 3. The first-order chi connectivity index (χ1) is 9.65. The van der Waals surface area contributed by atoms with Crippen molar-refractivity contribution in [2.45, 2.75) is 33.2 Å². The van der Waals surface area contributed by atoms with Gasteiger partial charge in [-0.1, -0.05) is 24.3 Å². The Kier molecular flexibility index (Phi) is 3.57. The second-order valence-corrected chi connectivity index (χ2v) is 6.42. The van der Waals surface area contributed by atoms with Gasteiger partial charge in [-0.15, -0.1) is 11.3 Å². The van der Waals surface area contributed by atoms with Crippen molar-refractivity contribution < 1.29 is 4.79 Å². The van der Waals surface area contributed by atoms with Gasteiger partial charge in [0.15, 0.2) is 0 Å². The van der Waals surface area contributed by atoms with Crippen LogP contribution in [0.4, 0.5) is 0 Å². The Morgan fingerprint density at radius 3 is 2.80 bits per heavy atom. The summed E-state index contributed by atoms with van der Waals surface area (Å²) in [6.07, 6.45) is 2.09. The molecule has 0 unspecified atom stereocenters. The SMILES string of the molecule is Cc1ccccc1-c1nc(C)c(CNC(=O)C2CC2)s1. The number of aryl methyl sites for hydroxylation is 2. The molecular formula is C16H18N2OS. The maximum absolute atomic E-state index is 11.7.